The van der Waals surface area contributed by atoms with E-state index in [0.29, 0.717) is 17.1 Å². The monoisotopic (exact) mass is 259 g/mol. The van der Waals surface area contributed by atoms with Crippen LogP contribution in [0.3, 0.4) is 0 Å². The molecule has 1 heterocycles. The number of aryl methyl sites for hydroxylation is 3. The van der Waals surface area contributed by atoms with Gasteiger partial charge >= 0.3 is 6.03 Å². The van der Waals surface area contributed by atoms with Crippen LogP contribution in [-0.2, 0) is 0 Å². The van der Waals surface area contributed by atoms with E-state index in [1.54, 1.807) is 14.0 Å². The summed E-state index contributed by atoms with van der Waals surface area (Å²) < 4.78 is 5.06. The minimum atomic E-state index is -0.224. The molecular weight excluding hydrogens is 242 g/mol. The van der Waals surface area contributed by atoms with Crippen LogP contribution in [0.4, 0.5) is 16.2 Å². The molecule has 5 heteroatoms. The molecular formula is C14H17N3O2. The summed E-state index contributed by atoms with van der Waals surface area (Å²) in [6.45, 7) is 5.59. The van der Waals surface area contributed by atoms with Gasteiger partial charge in [-0.1, -0.05) is 22.9 Å². The van der Waals surface area contributed by atoms with Gasteiger partial charge < -0.3 is 9.84 Å². The Hall–Kier alpha value is -2.30. The number of nitrogens with zero attached hydrogens (tertiary/aromatic N) is 2. The molecule has 19 heavy (non-hydrogen) atoms. The van der Waals surface area contributed by atoms with Gasteiger partial charge in [0.05, 0.1) is 0 Å². The van der Waals surface area contributed by atoms with Crippen LogP contribution in [0.1, 0.15) is 17.0 Å². The highest BCUT2D eigenvalue weighted by atomic mass is 16.5. The standard InChI is InChI=1S/C14H17N3O2/c1-9-5-7-12(8-6-9)15-14(18)17(4)13-10(2)16-19-11(13)3/h5-8H,1-4H3,(H,15,18). The second kappa shape index (κ2) is 5.14. The normalized spacial score (nSPS) is 10.3. The lowest BCUT2D eigenvalue weighted by Gasteiger charge is -2.17. The largest absolute Gasteiger partial charge is 0.359 e. The first kappa shape index (κ1) is 13.1. The van der Waals surface area contributed by atoms with Crippen molar-refractivity contribution in [3.63, 3.8) is 0 Å². The summed E-state index contributed by atoms with van der Waals surface area (Å²) in [6.07, 6.45) is 0. The molecule has 0 aliphatic carbocycles. The third-order valence-corrected chi connectivity index (χ3v) is 2.94. The number of carbonyl (C=O) groups excluding carboxylic acids is 1. The maximum Gasteiger partial charge on any atom is 0.326 e. The van der Waals surface area contributed by atoms with Gasteiger partial charge in [0.15, 0.2) is 5.76 Å². The molecule has 0 unspecified atom stereocenters. The van der Waals surface area contributed by atoms with Gasteiger partial charge in [0.1, 0.15) is 11.4 Å². The minimum Gasteiger partial charge on any atom is -0.359 e. The van der Waals surface area contributed by atoms with Crippen LogP contribution in [0.25, 0.3) is 0 Å². The Balaban J connectivity index is 2.14. The third kappa shape index (κ3) is 2.76. The van der Waals surface area contributed by atoms with Crippen molar-refractivity contribution in [1.29, 1.82) is 0 Å². The van der Waals surface area contributed by atoms with Gasteiger partial charge in [0, 0.05) is 12.7 Å². The van der Waals surface area contributed by atoms with Crippen LogP contribution in [0.15, 0.2) is 28.8 Å². The summed E-state index contributed by atoms with van der Waals surface area (Å²) in [5, 5.41) is 6.67. The molecule has 0 radical (unpaired) electrons. The number of hydrogen-bond donors (Lipinski definition) is 1. The first-order valence-electron chi connectivity index (χ1n) is 6.03. The van der Waals surface area contributed by atoms with E-state index >= 15 is 0 Å². The number of anilines is 2. The summed E-state index contributed by atoms with van der Waals surface area (Å²) in [7, 11) is 1.69. The lowest BCUT2D eigenvalue weighted by Crippen LogP contribution is -2.31. The number of benzene rings is 1. The van der Waals surface area contributed by atoms with Crippen molar-refractivity contribution < 1.29 is 9.32 Å². The van der Waals surface area contributed by atoms with Crippen LogP contribution in [0, 0.1) is 20.8 Å². The molecule has 2 rings (SSSR count). The van der Waals surface area contributed by atoms with Gasteiger partial charge in [-0.05, 0) is 32.9 Å². The molecule has 2 aromatic rings. The van der Waals surface area contributed by atoms with E-state index in [1.807, 2.05) is 38.1 Å². The predicted molar refractivity (Wildman–Crippen MR) is 74.6 cm³/mol. The van der Waals surface area contributed by atoms with Crippen molar-refractivity contribution in [3.05, 3.63) is 41.3 Å². The van der Waals surface area contributed by atoms with E-state index in [-0.39, 0.29) is 6.03 Å². The summed E-state index contributed by atoms with van der Waals surface area (Å²) in [5.41, 5.74) is 3.30. The average Bonchev–Trinajstić information content (AvgIpc) is 2.71. The van der Waals surface area contributed by atoms with Crippen molar-refractivity contribution >= 4 is 17.4 Å². The quantitative estimate of drug-likeness (QED) is 0.900. The molecule has 0 aliphatic heterocycles. The van der Waals surface area contributed by atoms with E-state index in [2.05, 4.69) is 10.5 Å². The van der Waals surface area contributed by atoms with Crippen molar-refractivity contribution in [2.75, 3.05) is 17.3 Å². The zero-order chi connectivity index (χ0) is 14.0. The Morgan fingerprint density at radius 2 is 1.84 bits per heavy atom. The van der Waals surface area contributed by atoms with Crippen LogP contribution < -0.4 is 10.2 Å². The average molecular weight is 259 g/mol. The minimum absolute atomic E-state index is 0.224. The molecule has 0 aliphatic rings. The van der Waals surface area contributed by atoms with Crippen molar-refractivity contribution in [1.82, 2.24) is 5.16 Å². The zero-order valence-corrected chi connectivity index (χ0v) is 11.5. The number of aromatic nitrogens is 1. The lowest BCUT2D eigenvalue weighted by atomic mass is 10.2. The van der Waals surface area contributed by atoms with Crippen LogP contribution in [-0.4, -0.2) is 18.2 Å². The molecule has 0 spiro atoms. The van der Waals surface area contributed by atoms with Crippen molar-refractivity contribution in [2.24, 2.45) is 0 Å². The van der Waals surface area contributed by atoms with E-state index < -0.39 is 0 Å². The second-order valence-corrected chi connectivity index (χ2v) is 4.53. The Labute approximate surface area is 112 Å². The van der Waals surface area contributed by atoms with Gasteiger partial charge in [-0.25, -0.2) is 4.79 Å². The molecule has 0 bridgehead atoms. The van der Waals surface area contributed by atoms with E-state index in [1.165, 1.54) is 4.90 Å². The van der Waals surface area contributed by atoms with E-state index in [9.17, 15) is 4.79 Å². The fraction of sp³-hybridized carbons (Fsp3) is 0.286. The van der Waals surface area contributed by atoms with Gasteiger partial charge in [-0.15, -0.1) is 0 Å². The third-order valence-electron chi connectivity index (χ3n) is 2.94. The molecule has 5 nitrogen and oxygen atoms in total. The Morgan fingerprint density at radius 3 is 2.37 bits per heavy atom. The molecule has 0 atom stereocenters. The SMILES string of the molecule is Cc1ccc(NC(=O)N(C)c2c(C)noc2C)cc1. The van der Waals surface area contributed by atoms with Crippen LogP contribution in [0.5, 0.6) is 0 Å². The van der Waals surface area contributed by atoms with Gasteiger partial charge in [-0.2, -0.15) is 0 Å². The van der Waals surface area contributed by atoms with Gasteiger partial charge in [0.25, 0.3) is 0 Å². The van der Waals surface area contributed by atoms with Crippen LogP contribution in [0.2, 0.25) is 0 Å². The van der Waals surface area contributed by atoms with E-state index in [0.717, 1.165) is 11.3 Å². The lowest BCUT2D eigenvalue weighted by molar-refractivity contribution is 0.258. The topological polar surface area (TPSA) is 58.4 Å². The molecule has 100 valence electrons. The first-order valence-corrected chi connectivity index (χ1v) is 6.03. The number of nitrogens with one attached hydrogen (secondary N) is 1. The second-order valence-electron chi connectivity index (χ2n) is 4.53. The van der Waals surface area contributed by atoms with Gasteiger partial charge in [0.2, 0.25) is 0 Å². The molecule has 2 amide bonds. The Bertz CT molecular complexity index is 568. The molecule has 1 aromatic carbocycles. The first-order chi connectivity index (χ1) is 8.99. The number of hydrogen-bond acceptors (Lipinski definition) is 3. The molecule has 1 N–H and O–H groups in total. The predicted octanol–water partition coefficient (Wildman–Crippen LogP) is 3.27. The van der Waals surface area contributed by atoms with Crippen molar-refractivity contribution in [3.8, 4) is 0 Å². The molecule has 1 aromatic heterocycles. The Kier molecular flexibility index (Phi) is 3.55. The Morgan fingerprint density at radius 1 is 1.21 bits per heavy atom. The summed E-state index contributed by atoms with van der Waals surface area (Å²) in [5.74, 6) is 0.624. The highest BCUT2D eigenvalue weighted by Gasteiger charge is 2.19. The number of urea groups is 1. The number of amides is 2. The number of rotatable bonds is 2. The maximum atomic E-state index is 12.1. The highest BCUT2D eigenvalue weighted by Crippen LogP contribution is 2.23. The molecule has 0 fully saturated rings. The smallest absolute Gasteiger partial charge is 0.326 e. The summed E-state index contributed by atoms with van der Waals surface area (Å²) in [4.78, 5) is 13.6. The molecule has 0 saturated heterocycles. The summed E-state index contributed by atoms with van der Waals surface area (Å²) >= 11 is 0. The fourth-order valence-electron chi connectivity index (χ4n) is 1.90. The zero-order valence-electron chi connectivity index (χ0n) is 11.5. The maximum absolute atomic E-state index is 12.1. The number of carbonyl (C=O) groups is 1. The van der Waals surface area contributed by atoms with Gasteiger partial charge in [-0.3, -0.25) is 4.90 Å². The van der Waals surface area contributed by atoms with Crippen LogP contribution >= 0.6 is 0 Å². The fourth-order valence-corrected chi connectivity index (χ4v) is 1.90. The van der Waals surface area contributed by atoms with E-state index in [4.69, 9.17) is 4.52 Å². The molecule has 0 saturated carbocycles. The highest BCUT2D eigenvalue weighted by molar-refractivity contribution is 6.01. The summed E-state index contributed by atoms with van der Waals surface area (Å²) in [6, 6.07) is 7.41. The van der Waals surface area contributed by atoms with Crippen molar-refractivity contribution in [2.45, 2.75) is 20.8 Å².